The Morgan fingerprint density at radius 2 is 1.50 bits per heavy atom. The lowest BCUT2D eigenvalue weighted by molar-refractivity contribution is -0.277. The van der Waals surface area contributed by atoms with Crippen LogP contribution >= 0.6 is 0 Å². The van der Waals surface area contributed by atoms with Crippen LogP contribution < -0.4 is 23.7 Å². The zero-order valence-corrected chi connectivity index (χ0v) is 21.7. The number of rotatable bonds is 5. The van der Waals surface area contributed by atoms with Crippen molar-refractivity contribution in [3.63, 3.8) is 0 Å². The Kier molecular flexibility index (Phi) is 7.23. The van der Waals surface area contributed by atoms with E-state index < -0.39 is 37.3 Å². The summed E-state index contributed by atoms with van der Waals surface area (Å²) in [5.41, 5.74) is 3.08. The van der Waals surface area contributed by atoms with Gasteiger partial charge >= 0.3 is 0 Å². The summed E-state index contributed by atoms with van der Waals surface area (Å²) in [4.78, 5) is 0. The molecular formula is C27H34O11. The first-order chi connectivity index (χ1) is 18.2. The van der Waals surface area contributed by atoms with E-state index >= 15 is 0 Å². The first-order valence-corrected chi connectivity index (χ1v) is 12.6. The number of aliphatic hydroxyl groups excluding tert-OH is 4. The van der Waals surface area contributed by atoms with Crippen LogP contribution in [0.15, 0.2) is 12.1 Å². The highest BCUT2D eigenvalue weighted by atomic mass is 16.7. The van der Waals surface area contributed by atoms with E-state index in [9.17, 15) is 25.5 Å². The number of aliphatic hydroxyl groups is 4. The third kappa shape index (κ3) is 4.28. The molecule has 2 aliphatic heterocycles. The molecule has 5 N–H and O–H groups in total. The second kappa shape index (κ2) is 10.3. The fourth-order valence-electron chi connectivity index (χ4n) is 5.48. The van der Waals surface area contributed by atoms with E-state index in [1.165, 1.54) is 7.11 Å². The molecule has 2 aromatic carbocycles. The Bertz CT molecular complexity index is 1200. The van der Waals surface area contributed by atoms with Gasteiger partial charge < -0.3 is 54.0 Å². The van der Waals surface area contributed by atoms with Gasteiger partial charge in [-0.15, -0.1) is 0 Å². The lowest BCUT2D eigenvalue weighted by Crippen LogP contribution is -2.60. The van der Waals surface area contributed by atoms with Crippen molar-refractivity contribution in [2.24, 2.45) is 11.8 Å². The van der Waals surface area contributed by atoms with Crippen LogP contribution in [-0.2, 0) is 17.6 Å². The topological polar surface area (TPSA) is 157 Å². The van der Waals surface area contributed by atoms with E-state index in [1.807, 2.05) is 6.07 Å². The summed E-state index contributed by atoms with van der Waals surface area (Å²) in [5.74, 6) is 1.77. The van der Waals surface area contributed by atoms with Gasteiger partial charge in [0, 0.05) is 11.1 Å². The van der Waals surface area contributed by atoms with Gasteiger partial charge in [0.2, 0.25) is 24.6 Å². The lowest BCUT2D eigenvalue weighted by Gasteiger charge is -2.39. The normalized spacial score (nSPS) is 30.1. The van der Waals surface area contributed by atoms with Crippen LogP contribution in [0.4, 0.5) is 0 Å². The van der Waals surface area contributed by atoms with Gasteiger partial charge in [0.1, 0.15) is 24.4 Å². The molecule has 0 spiro atoms. The molecule has 38 heavy (non-hydrogen) atoms. The fourth-order valence-corrected chi connectivity index (χ4v) is 5.48. The predicted octanol–water partition coefficient (Wildman–Crippen LogP) is 1.35. The Morgan fingerprint density at radius 3 is 2.13 bits per heavy atom. The van der Waals surface area contributed by atoms with Crippen molar-refractivity contribution in [1.82, 2.24) is 0 Å². The summed E-state index contributed by atoms with van der Waals surface area (Å²) in [6, 6.07) is 3.59. The highest BCUT2D eigenvalue weighted by Gasteiger charge is 2.45. The van der Waals surface area contributed by atoms with Gasteiger partial charge in [0.15, 0.2) is 23.0 Å². The molecule has 5 rings (SSSR count). The summed E-state index contributed by atoms with van der Waals surface area (Å²) in [7, 11) is 2.97. The van der Waals surface area contributed by atoms with Crippen molar-refractivity contribution < 1.29 is 54.0 Å². The minimum absolute atomic E-state index is 0.0494. The predicted molar refractivity (Wildman–Crippen MR) is 133 cm³/mol. The van der Waals surface area contributed by atoms with Crippen molar-refractivity contribution in [3.8, 4) is 45.6 Å². The van der Waals surface area contributed by atoms with Crippen LogP contribution in [0.2, 0.25) is 0 Å². The maximum atomic E-state index is 11.3. The van der Waals surface area contributed by atoms with Crippen LogP contribution in [0.1, 0.15) is 25.0 Å². The summed E-state index contributed by atoms with van der Waals surface area (Å²) in [6.07, 6.45) is -6.09. The summed E-state index contributed by atoms with van der Waals surface area (Å²) >= 11 is 0. The molecular weight excluding hydrogens is 500 g/mol. The number of fused-ring (bicyclic) bond motifs is 4. The number of phenols is 1. The highest BCUT2D eigenvalue weighted by Crippen LogP contribution is 2.56. The van der Waals surface area contributed by atoms with Gasteiger partial charge in [-0.1, -0.05) is 13.8 Å². The maximum absolute atomic E-state index is 11.3. The largest absolute Gasteiger partial charge is 0.502 e. The molecule has 2 aromatic rings. The number of benzene rings is 2. The van der Waals surface area contributed by atoms with Crippen LogP contribution in [0, 0.1) is 11.8 Å². The van der Waals surface area contributed by atoms with Gasteiger partial charge in [-0.05, 0) is 47.9 Å². The third-order valence-corrected chi connectivity index (χ3v) is 7.81. The smallest absolute Gasteiger partial charge is 0.231 e. The standard InChI is InChI=1S/C27H34O11/c1-11-5-13-7-15(37-27-23(32)22(31)20(29)17(9-28)38-27)21(30)25(33-3)18(13)19-14(6-12(11)2)8-16-24(26(19)34-4)36-10-35-16/h7-8,11-12,17,20,22-23,27-32H,5-6,9-10H2,1-4H3/t11-,12-,17+,20+,22-,23+,27+/m0/s1. The molecule has 7 atom stereocenters. The molecule has 3 aliphatic rings. The molecule has 1 aliphatic carbocycles. The molecule has 208 valence electrons. The second-order valence-electron chi connectivity index (χ2n) is 10.1. The molecule has 0 bridgehead atoms. The van der Waals surface area contributed by atoms with E-state index in [0.29, 0.717) is 29.2 Å². The lowest BCUT2D eigenvalue weighted by atomic mass is 9.77. The minimum Gasteiger partial charge on any atom is -0.502 e. The van der Waals surface area contributed by atoms with E-state index in [1.54, 1.807) is 13.2 Å². The number of hydrogen-bond acceptors (Lipinski definition) is 11. The molecule has 11 heteroatoms. The zero-order valence-electron chi connectivity index (χ0n) is 21.7. The molecule has 0 unspecified atom stereocenters. The van der Waals surface area contributed by atoms with E-state index in [2.05, 4.69) is 13.8 Å². The Hall–Kier alpha value is -2.96. The Labute approximate surface area is 220 Å². The van der Waals surface area contributed by atoms with Gasteiger partial charge in [-0.2, -0.15) is 0 Å². The Morgan fingerprint density at radius 1 is 0.868 bits per heavy atom. The fraction of sp³-hybridized carbons (Fsp3) is 0.556. The van der Waals surface area contributed by atoms with Crippen molar-refractivity contribution in [2.75, 3.05) is 27.6 Å². The zero-order chi connectivity index (χ0) is 27.3. The summed E-state index contributed by atoms with van der Waals surface area (Å²) in [5, 5.41) is 51.6. The van der Waals surface area contributed by atoms with Crippen LogP contribution in [0.25, 0.3) is 11.1 Å². The van der Waals surface area contributed by atoms with Gasteiger partial charge in [-0.25, -0.2) is 0 Å². The van der Waals surface area contributed by atoms with Gasteiger partial charge in [0.05, 0.1) is 20.8 Å². The first-order valence-electron chi connectivity index (χ1n) is 12.6. The third-order valence-electron chi connectivity index (χ3n) is 7.81. The number of phenolic OH excluding ortho intramolecular Hbond substituents is 1. The minimum atomic E-state index is -1.64. The van der Waals surface area contributed by atoms with Crippen molar-refractivity contribution in [1.29, 1.82) is 0 Å². The highest BCUT2D eigenvalue weighted by molar-refractivity contribution is 5.88. The molecule has 11 nitrogen and oxygen atoms in total. The average Bonchev–Trinajstić information content (AvgIpc) is 3.37. The first kappa shape index (κ1) is 26.6. The van der Waals surface area contributed by atoms with E-state index in [0.717, 1.165) is 23.1 Å². The van der Waals surface area contributed by atoms with Crippen LogP contribution in [-0.4, -0.2) is 83.9 Å². The van der Waals surface area contributed by atoms with E-state index in [-0.39, 0.29) is 35.9 Å². The van der Waals surface area contributed by atoms with Gasteiger partial charge in [0.25, 0.3) is 0 Å². The average molecular weight is 535 g/mol. The van der Waals surface area contributed by atoms with Crippen molar-refractivity contribution in [3.05, 3.63) is 23.3 Å². The molecule has 0 saturated carbocycles. The summed E-state index contributed by atoms with van der Waals surface area (Å²) in [6.45, 7) is 3.77. The molecule has 0 aromatic heterocycles. The SMILES string of the molecule is COc1c(O)c(O[C@@H]2O[C@H](CO)[C@@H](O)[C@H](O)[C@H]2O)cc2c1-c1c(cc3c(c1OC)OCO3)C[C@H](C)[C@@H](C)C2. The van der Waals surface area contributed by atoms with E-state index in [4.69, 9.17) is 28.4 Å². The van der Waals surface area contributed by atoms with Crippen molar-refractivity contribution in [2.45, 2.75) is 57.4 Å². The molecule has 0 radical (unpaired) electrons. The number of ether oxygens (including phenoxy) is 6. The van der Waals surface area contributed by atoms with Crippen molar-refractivity contribution >= 4 is 0 Å². The molecule has 0 amide bonds. The molecule has 1 fully saturated rings. The maximum Gasteiger partial charge on any atom is 0.231 e. The van der Waals surface area contributed by atoms with Crippen LogP contribution in [0.3, 0.4) is 0 Å². The Balaban J connectivity index is 1.67. The summed E-state index contributed by atoms with van der Waals surface area (Å²) < 4.78 is 34.3. The number of hydrogen-bond donors (Lipinski definition) is 5. The number of methoxy groups -OCH3 is 2. The monoisotopic (exact) mass is 534 g/mol. The van der Waals surface area contributed by atoms with Gasteiger partial charge in [-0.3, -0.25) is 0 Å². The number of aromatic hydroxyl groups is 1. The quantitative estimate of drug-likeness (QED) is 0.377. The second-order valence-corrected chi connectivity index (χ2v) is 10.1. The van der Waals surface area contributed by atoms with Crippen LogP contribution in [0.5, 0.6) is 34.5 Å². The molecule has 2 heterocycles. The molecule has 1 saturated heterocycles.